The molecular formula is C37H58O9. The summed E-state index contributed by atoms with van der Waals surface area (Å²) in [6.07, 6.45) is 11.8. The van der Waals surface area contributed by atoms with E-state index in [-0.39, 0.29) is 29.9 Å². The van der Waals surface area contributed by atoms with Crippen molar-refractivity contribution in [2.45, 2.75) is 111 Å². The number of aliphatic hydroxyl groups is 4. The molecule has 2 aliphatic rings. The van der Waals surface area contributed by atoms with Crippen LogP contribution >= 0.6 is 0 Å². The molecule has 9 heteroatoms. The van der Waals surface area contributed by atoms with Crippen molar-refractivity contribution in [3.05, 3.63) is 71.6 Å². The Morgan fingerprint density at radius 2 is 1.78 bits per heavy atom. The molecule has 0 aromatic carbocycles. The molecule has 2 rings (SSSR count). The van der Waals surface area contributed by atoms with Gasteiger partial charge in [-0.25, -0.2) is 4.79 Å². The lowest BCUT2D eigenvalue weighted by atomic mass is 9.77. The van der Waals surface area contributed by atoms with Crippen molar-refractivity contribution >= 4 is 5.97 Å². The molecule has 1 saturated heterocycles. The first-order chi connectivity index (χ1) is 21.6. The lowest BCUT2D eigenvalue weighted by Gasteiger charge is -2.47. The fourth-order valence-corrected chi connectivity index (χ4v) is 6.30. The summed E-state index contributed by atoms with van der Waals surface area (Å²) in [4.78, 5) is 13.5. The summed E-state index contributed by atoms with van der Waals surface area (Å²) in [5, 5.41) is 45.2. The number of methoxy groups -OCH3 is 2. The molecule has 0 aromatic heterocycles. The maximum atomic E-state index is 13.5. The van der Waals surface area contributed by atoms with E-state index in [2.05, 4.69) is 0 Å². The topological polar surface area (TPSA) is 135 Å². The molecule has 0 unspecified atom stereocenters. The molecule has 12 atom stereocenters. The zero-order valence-corrected chi connectivity index (χ0v) is 29.3. The predicted octanol–water partition coefficient (Wildman–Crippen LogP) is 5.17. The number of hydrogen-bond acceptors (Lipinski definition) is 9. The predicted molar refractivity (Wildman–Crippen MR) is 179 cm³/mol. The third-order valence-corrected chi connectivity index (χ3v) is 9.44. The molecular weight excluding hydrogens is 588 g/mol. The van der Waals surface area contributed by atoms with Gasteiger partial charge in [0.2, 0.25) is 5.76 Å². The quantitative estimate of drug-likeness (QED) is 0.208. The van der Waals surface area contributed by atoms with Crippen molar-refractivity contribution < 1.29 is 44.2 Å². The Hall–Kier alpha value is -2.53. The van der Waals surface area contributed by atoms with Crippen LogP contribution in [-0.4, -0.2) is 83.0 Å². The highest BCUT2D eigenvalue weighted by Crippen LogP contribution is 2.40. The van der Waals surface area contributed by atoms with Gasteiger partial charge in [-0.05, 0) is 39.2 Å². The summed E-state index contributed by atoms with van der Waals surface area (Å²) < 4.78 is 23.4. The highest BCUT2D eigenvalue weighted by atomic mass is 16.6. The molecule has 0 amide bonds. The Balaban J connectivity index is 2.51. The summed E-state index contributed by atoms with van der Waals surface area (Å²) >= 11 is 0. The van der Waals surface area contributed by atoms with Crippen molar-refractivity contribution in [3.63, 3.8) is 0 Å². The first-order valence-electron chi connectivity index (χ1n) is 16.4. The minimum absolute atomic E-state index is 0.0115. The largest absolute Gasteiger partial charge is 0.490 e. The van der Waals surface area contributed by atoms with Crippen LogP contribution in [-0.2, 0) is 23.7 Å². The Labute approximate surface area is 276 Å². The standard InChI is InChI=1S/C37H58O9/c1-11-12-13-16-30-26(6)29(38)21-37(42,46-30)28(8)34(40)27(7)35-31(43-9)17-14-15-22(2)18-24(4)33(39)25(5)19-23(3)20-32(44-10)36(41)45-35/h11-17,19-20,24-31,33-35,38-40,42H,18,21H2,1-10H3/b12-11+,16-13+,17-14?,22-15?,23-19?,32-20?/t24-,25+,26-,27-,28-,29+,30+,31-,33-,34+,35+,37+/m0/s1. The van der Waals surface area contributed by atoms with Crippen molar-refractivity contribution in [1.29, 1.82) is 0 Å². The van der Waals surface area contributed by atoms with Gasteiger partial charge in [0.25, 0.3) is 0 Å². The van der Waals surface area contributed by atoms with Gasteiger partial charge in [-0.3, -0.25) is 0 Å². The van der Waals surface area contributed by atoms with Gasteiger partial charge in [0.1, 0.15) is 12.2 Å². The third-order valence-electron chi connectivity index (χ3n) is 9.44. The van der Waals surface area contributed by atoms with Crippen LogP contribution in [0.2, 0.25) is 0 Å². The molecule has 0 bridgehead atoms. The van der Waals surface area contributed by atoms with E-state index in [9.17, 15) is 25.2 Å². The number of esters is 1. The number of hydrogen-bond donors (Lipinski definition) is 4. The molecule has 9 nitrogen and oxygen atoms in total. The van der Waals surface area contributed by atoms with Crippen molar-refractivity contribution in [1.82, 2.24) is 0 Å². The second kappa shape index (κ2) is 18.1. The van der Waals surface area contributed by atoms with Crippen LogP contribution in [0.15, 0.2) is 71.6 Å². The Morgan fingerprint density at radius 1 is 1.11 bits per heavy atom. The van der Waals surface area contributed by atoms with Crippen LogP contribution in [0.25, 0.3) is 0 Å². The van der Waals surface area contributed by atoms with E-state index in [0.29, 0.717) is 6.42 Å². The Kier molecular flexibility index (Phi) is 15.6. The average molecular weight is 647 g/mol. The minimum Gasteiger partial charge on any atom is -0.490 e. The van der Waals surface area contributed by atoms with Crippen LogP contribution < -0.4 is 0 Å². The number of cyclic esters (lactones) is 1. The van der Waals surface area contributed by atoms with Crippen LogP contribution in [0.4, 0.5) is 0 Å². The van der Waals surface area contributed by atoms with Gasteiger partial charge in [-0.15, -0.1) is 0 Å². The zero-order chi connectivity index (χ0) is 34.8. The number of rotatable bonds is 8. The van der Waals surface area contributed by atoms with Gasteiger partial charge in [0.15, 0.2) is 5.79 Å². The normalized spacial score (nSPS) is 36.0. The van der Waals surface area contributed by atoms with E-state index < -0.39 is 60.2 Å². The molecule has 4 N–H and O–H groups in total. The molecule has 1 fully saturated rings. The van der Waals surface area contributed by atoms with E-state index in [4.69, 9.17) is 18.9 Å². The molecule has 0 radical (unpaired) electrons. The number of carbonyl (C=O) groups is 1. The number of carbonyl (C=O) groups excluding carboxylic acids is 1. The average Bonchev–Trinajstić information content (AvgIpc) is 3.01. The van der Waals surface area contributed by atoms with E-state index in [1.165, 1.54) is 14.2 Å². The van der Waals surface area contributed by atoms with Gasteiger partial charge in [-0.1, -0.05) is 94.4 Å². The van der Waals surface area contributed by atoms with Crippen LogP contribution in [0, 0.1) is 29.6 Å². The number of ether oxygens (including phenoxy) is 4. The summed E-state index contributed by atoms with van der Waals surface area (Å²) in [5.74, 6) is -4.77. The van der Waals surface area contributed by atoms with E-state index in [1.807, 2.05) is 71.9 Å². The molecule has 2 aliphatic heterocycles. The van der Waals surface area contributed by atoms with Crippen LogP contribution in [0.5, 0.6) is 0 Å². The fourth-order valence-electron chi connectivity index (χ4n) is 6.30. The summed E-state index contributed by atoms with van der Waals surface area (Å²) in [6.45, 7) is 14.9. The molecule has 260 valence electrons. The maximum absolute atomic E-state index is 13.5. The summed E-state index contributed by atoms with van der Waals surface area (Å²) in [6, 6.07) is 0. The third kappa shape index (κ3) is 10.5. The summed E-state index contributed by atoms with van der Waals surface area (Å²) in [5.41, 5.74) is 1.77. The van der Waals surface area contributed by atoms with Gasteiger partial charge in [0.05, 0.1) is 31.5 Å². The monoisotopic (exact) mass is 646 g/mol. The number of aliphatic hydroxyl groups excluding tert-OH is 3. The van der Waals surface area contributed by atoms with Crippen LogP contribution in [0.3, 0.4) is 0 Å². The minimum atomic E-state index is -1.86. The van der Waals surface area contributed by atoms with Gasteiger partial charge in [-0.2, -0.15) is 0 Å². The van der Waals surface area contributed by atoms with Crippen molar-refractivity contribution in [2.75, 3.05) is 14.2 Å². The van der Waals surface area contributed by atoms with E-state index in [0.717, 1.165) is 11.1 Å². The van der Waals surface area contributed by atoms with Gasteiger partial charge in [0, 0.05) is 37.2 Å². The number of allylic oxidation sites excluding steroid dienone is 8. The molecule has 0 spiro atoms. The lowest BCUT2D eigenvalue weighted by molar-refractivity contribution is -0.313. The van der Waals surface area contributed by atoms with Crippen LogP contribution in [0.1, 0.15) is 68.2 Å². The second-order valence-corrected chi connectivity index (χ2v) is 13.2. The van der Waals surface area contributed by atoms with Crippen molar-refractivity contribution in [3.8, 4) is 0 Å². The fraction of sp³-hybridized carbons (Fsp3) is 0.649. The Bertz CT molecular complexity index is 1170. The second-order valence-electron chi connectivity index (χ2n) is 13.2. The smallest absolute Gasteiger partial charge is 0.373 e. The molecule has 46 heavy (non-hydrogen) atoms. The Morgan fingerprint density at radius 3 is 2.39 bits per heavy atom. The first kappa shape index (κ1) is 39.6. The molecule has 0 aliphatic carbocycles. The van der Waals surface area contributed by atoms with Crippen molar-refractivity contribution in [2.24, 2.45) is 29.6 Å². The van der Waals surface area contributed by atoms with E-state index >= 15 is 0 Å². The van der Waals surface area contributed by atoms with Gasteiger partial charge < -0.3 is 39.4 Å². The maximum Gasteiger partial charge on any atom is 0.373 e. The molecule has 0 aromatic rings. The summed E-state index contributed by atoms with van der Waals surface area (Å²) in [7, 11) is 2.86. The molecule has 0 saturated carbocycles. The van der Waals surface area contributed by atoms with Gasteiger partial charge >= 0.3 is 5.97 Å². The first-order valence-corrected chi connectivity index (χ1v) is 16.4. The lowest BCUT2D eigenvalue weighted by Crippen LogP contribution is -2.58. The van der Waals surface area contributed by atoms with E-state index in [1.54, 1.807) is 38.2 Å². The highest BCUT2D eigenvalue weighted by Gasteiger charge is 2.50. The SMILES string of the molecule is C/C=C/C=C/[C@H]1O[C@@](O)([C@@H](C)[C@H](O)[C@H](C)[C@H]2OC(=O)C(OC)=CC(C)=C[C@@H](C)[C@@H](O)[C@@H](C)CC(C)=CC=C[C@@H]2OC)C[C@@H](O)[C@@H]1C. The molecule has 2 heterocycles. The highest BCUT2D eigenvalue weighted by molar-refractivity contribution is 5.87. The zero-order valence-electron chi connectivity index (χ0n) is 29.3.